The largest absolute Gasteiger partial charge is 0.488 e. The molecule has 5 nitrogen and oxygen atoms in total. The van der Waals surface area contributed by atoms with Crippen LogP contribution in [0.15, 0.2) is 18.3 Å². The average Bonchev–Trinajstić information content (AvgIpc) is 2.78. The van der Waals surface area contributed by atoms with Crippen molar-refractivity contribution in [2.24, 2.45) is 0 Å². The van der Waals surface area contributed by atoms with Gasteiger partial charge in [0.05, 0.1) is 12.5 Å². The quantitative estimate of drug-likeness (QED) is 0.851. The monoisotopic (exact) mass is 326 g/mol. The van der Waals surface area contributed by atoms with Crippen molar-refractivity contribution in [1.29, 1.82) is 0 Å². The number of aromatic amines is 1. The molecule has 2 aromatic rings. The second kappa shape index (κ2) is 5.53. The number of H-pyrrole nitrogens is 1. The lowest BCUT2D eigenvalue weighted by Gasteiger charge is -2.27. The number of fused-ring (bicyclic) bond motifs is 1. The van der Waals surface area contributed by atoms with Gasteiger partial charge in [-0.05, 0) is 18.3 Å². The van der Waals surface area contributed by atoms with Gasteiger partial charge in [-0.25, -0.2) is 8.78 Å². The summed E-state index contributed by atoms with van der Waals surface area (Å²) in [6, 6.07) is 1.68. The fraction of sp³-hybridized carbons (Fsp3) is 0.286. The summed E-state index contributed by atoms with van der Waals surface area (Å²) in [6.07, 6.45) is 1.63. The highest BCUT2D eigenvalue weighted by molar-refractivity contribution is 7.71. The van der Waals surface area contributed by atoms with E-state index in [4.69, 9.17) is 22.1 Å². The number of aromatic nitrogens is 2. The van der Waals surface area contributed by atoms with Crippen molar-refractivity contribution in [3.8, 4) is 5.75 Å². The molecular formula is C14H12F2N2O3S. The zero-order valence-electron chi connectivity index (χ0n) is 11.3. The van der Waals surface area contributed by atoms with Crippen molar-refractivity contribution in [3.63, 3.8) is 0 Å². The molecule has 8 heteroatoms. The number of carboxylic acid groups (broad SMARTS) is 1. The molecular weight excluding hydrogens is 314 g/mol. The number of hydrogen-bond acceptors (Lipinski definition) is 3. The summed E-state index contributed by atoms with van der Waals surface area (Å²) in [5.41, 5.74) is 0.893. The fourth-order valence-electron chi connectivity index (χ4n) is 2.69. The van der Waals surface area contributed by atoms with Crippen molar-refractivity contribution < 1.29 is 23.4 Å². The van der Waals surface area contributed by atoms with Gasteiger partial charge in [0.15, 0.2) is 16.3 Å². The molecule has 1 atom stereocenters. The predicted molar refractivity (Wildman–Crippen MR) is 75.6 cm³/mol. The normalized spacial score (nSPS) is 16.9. The molecule has 1 aromatic heterocycles. The second-order valence-electron chi connectivity index (χ2n) is 5.07. The summed E-state index contributed by atoms with van der Waals surface area (Å²) in [5, 5.41) is 8.94. The molecule has 1 aromatic carbocycles. The van der Waals surface area contributed by atoms with Gasteiger partial charge in [0.1, 0.15) is 12.4 Å². The van der Waals surface area contributed by atoms with Crippen molar-refractivity contribution in [3.05, 3.63) is 46.0 Å². The molecule has 22 heavy (non-hydrogen) atoms. The molecule has 0 saturated heterocycles. The third-order valence-electron chi connectivity index (χ3n) is 3.55. The number of aliphatic carboxylic acids is 1. The van der Waals surface area contributed by atoms with Crippen LogP contribution in [0.25, 0.3) is 0 Å². The van der Waals surface area contributed by atoms with Crippen LogP contribution < -0.4 is 4.74 Å². The molecule has 0 fully saturated rings. The lowest BCUT2D eigenvalue weighted by atomic mass is 10.0. The third-order valence-corrected chi connectivity index (χ3v) is 3.86. The van der Waals surface area contributed by atoms with Crippen LogP contribution in [-0.4, -0.2) is 27.2 Å². The van der Waals surface area contributed by atoms with Gasteiger partial charge in [-0.2, -0.15) is 0 Å². The Morgan fingerprint density at radius 1 is 1.50 bits per heavy atom. The number of carboxylic acids is 1. The van der Waals surface area contributed by atoms with Gasteiger partial charge in [0.2, 0.25) is 0 Å². The highest BCUT2D eigenvalue weighted by atomic mass is 32.1. The molecule has 0 bridgehead atoms. The Bertz CT molecular complexity index is 800. The van der Waals surface area contributed by atoms with Crippen molar-refractivity contribution >= 4 is 18.2 Å². The molecule has 1 unspecified atom stereocenters. The van der Waals surface area contributed by atoms with Crippen LogP contribution in [0.4, 0.5) is 8.78 Å². The van der Waals surface area contributed by atoms with Gasteiger partial charge in [0, 0.05) is 29.9 Å². The SMILES string of the molecule is O=C(O)Cc1c[nH]c(=S)n1C1COc2c(F)cc(F)cc2C1. The van der Waals surface area contributed by atoms with Crippen molar-refractivity contribution in [1.82, 2.24) is 9.55 Å². The van der Waals surface area contributed by atoms with E-state index < -0.39 is 17.6 Å². The van der Waals surface area contributed by atoms with Crippen LogP contribution in [0.3, 0.4) is 0 Å². The summed E-state index contributed by atoms with van der Waals surface area (Å²) in [5.74, 6) is -2.36. The van der Waals surface area contributed by atoms with Crippen LogP contribution in [0.5, 0.6) is 5.75 Å². The molecule has 2 heterocycles. The van der Waals surface area contributed by atoms with E-state index in [1.54, 1.807) is 4.57 Å². The number of benzene rings is 1. The number of rotatable bonds is 3. The van der Waals surface area contributed by atoms with Crippen LogP contribution in [0.2, 0.25) is 0 Å². The van der Waals surface area contributed by atoms with Crippen LogP contribution in [0, 0.1) is 16.4 Å². The highest BCUT2D eigenvalue weighted by Gasteiger charge is 2.27. The third kappa shape index (κ3) is 2.61. The highest BCUT2D eigenvalue weighted by Crippen LogP contribution is 2.33. The summed E-state index contributed by atoms with van der Waals surface area (Å²) in [4.78, 5) is 13.7. The Kier molecular flexibility index (Phi) is 3.69. The van der Waals surface area contributed by atoms with Gasteiger partial charge in [-0.1, -0.05) is 0 Å². The van der Waals surface area contributed by atoms with Gasteiger partial charge >= 0.3 is 5.97 Å². The summed E-state index contributed by atoms with van der Waals surface area (Å²) < 4.78 is 34.4. The molecule has 0 aliphatic carbocycles. The van der Waals surface area contributed by atoms with Crippen molar-refractivity contribution in [2.75, 3.05) is 6.61 Å². The maximum absolute atomic E-state index is 13.7. The van der Waals surface area contributed by atoms with Crippen LogP contribution >= 0.6 is 12.2 Å². The van der Waals surface area contributed by atoms with E-state index in [9.17, 15) is 13.6 Å². The van der Waals surface area contributed by atoms with E-state index in [2.05, 4.69) is 4.98 Å². The van der Waals surface area contributed by atoms with E-state index in [1.807, 2.05) is 0 Å². The topological polar surface area (TPSA) is 67.2 Å². The van der Waals surface area contributed by atoms with E-state index in [1.165, 1.54) is 12.3 Å². The first-order chi connectivity index (χ1) is 10.5. The smallest absolute Gasteiger partial charge is 0.309 e. The maximum atomic E-state index is 13.7. The van der Waals surface area contributed by atoms with E-state index in [0.717, 1.165) is 6.07 Å². The number of halogens is 2. The lowest BCUT2D eigenvalue weighted by Crippen LogP contribution is -2.27. The fourth-order valence-corrected chi connectivity index (χ4v) is 3.02. The summed E-state index contributed by atoms with van der Waals surface area (Å²) >= 11 is 5.17. The lowest BCUT2D eigenvalue weighted by molar-refractivity contribution is -0.136. The Morgan fingerprint density at radius 2 is 2.27 bits per heavy atom. The Balaban J connectivity index is 1.97. The number of ether oxygens (including phenoxy) is 1. The molecule has 1 aliphatic rings. The van der Waals surface area contributed by atoms with Crippen LogP contribution in [0.1, 0.15) is 17.3 Å². The first-order valence-electron chi connectivity index (χ1n) is 6.57. The van der Waals surface area contributed by atoms with Gasteiger partial charge in [-0.15, -0.1) is 0 Å². The zero-order valence-corrected chi connectivity index (χ0v) is 12.1. The number of nitrogens with one attached hydrogen (secondary N) is 1. The second-order valence-corrected chi connectivity index (χ2v) is 5.46. The minimum absolute atomic E-state index is 0.0412. The standard InChI is InChI=1S/C14H12F2N2O3S/c15-8-1-7-2-10(6-21-13(7)11(16)3-8)18-9(4-12(19)20)5-17-14(18)22/h1,3,5,10H,2,4,6H2,(H,17,22)(H,19,20). The summed E-state index contributed by atoms with van der Waals surface area (Å²) in [7, 11) is 0. The maximum Gasteiger partial charge on any atom is 0.309 e. The minimum Gasteiger partial charge on any atom is -0.488 e. The first kappa shape index (κ1) is 14.7. The number of nitrogens with zero attached hydrogens (tertiary/aromatic N) is 1. The predicted octanol–water partition coefficient (Wildman–Crippen LogP) is 2.63. The molecule has 116 valence electrons. The Morgan fingerprint density at radius 3 is 3.00 bits per heavy atom. The first-order valence-corrected chi connectivity index (χ1v) is 6.98. The van der Waals surface area contributed by atoms with E-state index in [-0.39, 0.29) is 24.8 Å². The van der Waals surface area contributed by atoms with Gasteiger partial charge in [0.25, 0.3) is 0 Å². The van der Waals surface area contributed by atoms with Crippen molar-refractivity contribution in [2.45, 2.75) is 18.9 Å². The molecule has 0 saturated carbocycles. The number of imidazole rings is 1. The Labute approximate surface area is 129 Å². The molecule has 0 spiro atoms. The number of carbonyl (C=O) groups is 1. The van der Waals surface area contributed by atoms with Crippen LogP contribution in [-0.2, 0) is 17.6 Å². The molecule has 3 rings (SSSR count). The summed E-state index contributed by atoms with van der Waals surface area (Å²) in [6.45, 7) is 0.133. The van der Waals surface area contributed by atoms with Gasteiger partial charge in [-0.3, -0.25) is 4.79 Å². The Hall–Kier alpha value is -2.22. The van der Waals surface area contributed by atoms with E-state index in [0.29, 0.717) is 22.4 Å². The molecule has 0 amide bonds. The van der Waals surface area contributed by atoms with Gasteiger partial charge < -0.3 is 19.4 Å². The molecule has 0 radical (unpaired) electrons. The number of hydrogen-bond donors (Lipinski definition) is 2. The zero-order chi connectivity index (χ0) is 15.9. The molecule has 1 aliphatic heterocycles. The molecule has 2 N–H and O–H groups in total. The van der Waals surface area contributed by atoms with E-state index >= 15 is 0 Å². The average molecular weight is 326 g/mol. The minimum atomic E-state index is -0.989.